The molecule has 27 heavy (non-hydrogen) atoms. The average molecular weight is 427 g/mol. The van der Waals surface area contributed by atoms with Crippen molar-refractivity contribution in [1.29, 1.82) is 0 Å². The molecule has 2 aromatic rings. The van der Waals surface area contributed by atoms with Crippen LogP contribution in [0.1, 0.15) is 0 Å². The van der Waals surface area contributed by atoms with Gasteiger partial charge in [0, 0.05) is 4.90 Å². The number of carboxylic acids is 1. The van der Waals surface area contributed by atoms with E-state index in [1.54, 1.807) is 12.1 Å². The molecule has 0 aromatic heterocycles. The summed E-state index contributed by atoms with van der Waals surface area (Å²) in [4.78, 5) is 9.43. The molecule has 0 aliphatic rings. The standard InChI is InChI=1S/C15H14F5N3O2S2/c16-27(17,18,19,20)12-7-3-10(4-8-12)9-1-5-11(6-2-9)26-14(23-22)13(21)15(24)25/h1-8,23H,21-22H2,(H,24,25)/b14-13+. The number of nitrogens with two attached hydrogens (primary N) is 2. The van der Waals surface area contributed by atoms with Crippen molar-refractivity contribution >= 4 is 28.0 Å². The summed E-state index contributed by atoms with van der Waals surface area (Å²) in [5.74, 6) is 3.86. The van der Waals surface area contributed by atoms with Gasteiger partial charge >= 0.3 is 16.2 Å². The van der Waals surface area contributed by atoms with Crippen LogP contribution in [0.3, 0.4) is 0 Å². The van der Waals surface area contributed by atoms with E-state index in [1.165, 1.54) is 12.1 Å². The summed E-state index contributed by atoms with van der Waals surface area (Å²) in [6, 6.07) is 8.73. The number of carbonyl (C=O) groups is 1. The molecule has 0 amide bonds. The Bertz CT molecular complexity index is 899. The van der Waals surface area contributed by atoms with Gasteiger partial charge in [0.2, 0.25) is 0 Å². The number of thioether (sulfide) groups is 1. The number of aliphatic carboxylic acids is 1. The van der Waals surface area contributed by atoms with E-state index in [0.717, 1.165) is 23.9 Å². The van der Waals surface area contributed by atoms with Gasteiger partial charge in [0.25, 0.3) is 0 Å². The zero-order valence-electron chi connectivity index (χ0n) is 13.3. The van der Waals surface area contributed by atoms with Gasteiger partial charge in [-0.25, -0.2) is 10.6 Å². The van der Waals surface area contributed by atoms with Crippen LogP contribution in [-0.2, 0) is 4.79 Å². The van der Waals surface area contributed by atoms with Crippen molar-refractivity contribution in [2.24, 2.45) is 11.6 Å². The number of benzene rings is 2. The summed E-state index contributed by atoms with van der Waals surface area (Å²) in [6.45, 7) is 0. The molecule has 0 heterocycles. The summed E-state index contributed by atoms with van der Waals surface area (Å²) in [5.41, 5.74) is 7.84. The van der Waals surface area contributed by atoms with Gasteiger partial charge in [-0.15, -0.1) is 0 Å². The Morgan fingerprint density at radius 3 is 1.74 bits per heavy atom. The third-order valence-electron chi connectivity index (χ3n) is 3.31. The highest BCUT2D eigenvalue weighted by Crippen LogP contribution is 3.02. The smallest absolute Gasteiger partial charge is 0.354 e. The van der Waals surface area contributed by atoms with Crippen molar-refractivity contribution in [3.8, 4) is 11.1 Å². The SMILES string of the molecule is NN/C(Sc1ccc(-c2ccc(S(F)(F)(F)(F)F)cc2)cc1)=C(\N)C(=O)O. The molecule has 0 radical (unpaired) electrons. The molecule has 2 rings (SSSR count). The second-order valence-corrected chi connectivity index (χ2v) is 8.81. The van der Waals surface area contributed by atoms with Crippen LogP contribution in [0.4, 0.5) is 19.4 Å². The number of hydrogen-bond acceptors (Lipinski definition) is 5. The molecule has 0 unspecified atom stereocenters. The van der Waals surface area contributed by atoms with Crippen LogP contribution >= 0.6 is 22.0 Å². The summed E-state index contributed by atoms with van der Waals surface area (Å²) in [6.07, 6.45) is 0. The Hall–Kier alpha value is -2.44. The molecule has 2 aromatic carbocycles. The molecule has 0 spiro atoms. The number of carboxylic acid groups (broad SMARTS) is 1. The Morgan fingerprint density at radius 1 is 0.926 bits per heavy atom. The lowest BCUT2D eigenvalue weighted by Crippen LogP contribution is -2.26. The van der Waals surface area contributed by atoms with Gasteiger partial charge in [-0.3, -0.25) is 0 Å². The lowest BCUT2D eigenvalue weighted by Gasteiger charge is -2.40. The number of rotatable bonds is 6. The maximum Gasteiger partial charge on any atom is 0.354 e. The lowest BCUT2D eigenvalue weighted by atomic mass is 10.1. The van der Waals surface area contributed by atoms with Crippen molar-refractivity contribution in [2.45, 2.75) is 9.79 Å². The van der Waals surface area contributed by atoms with Crippen molar-refractivity contribution in [3.63, 3.8) is 0 Å². The van der Waals surface area contributed by atoms with Crippen LogP contribution in [-0.4, -0.2) is 11.1 Å². The molecule has 0 saturated carbocycles. The minimum Gasteiger partial charge on any atom is -0.477 e. The number of halogens is 5. The van der Waals surface area contributed by atoms with Gasteiger partial charge in [0.05, 0.1) is 0 Å². The fourth-order valence-electron chi connectivity index (χ4n) is 2.00. The van der Waals surface area contributed by atoms with Crippen molar-refractivity contribution in [2.75, 3.05) is 0 Å². The Labute approximate surface area is 154 Å². The van der Waals surface area contributed by atoms with E-state index in [4.69, 9.17) is 16.7 Å². The van der Waals surface area contributed by atoms with Gasteiger partial charge in [-0.05, 0) is 35.4 Å². The minimum absolute atomic E-state index is 0.00418. The zero-order chi connectivity index (χ0) is 20.5. The molecule has 12 heteroatoms. The topological polar surface area (TPSA) is 101 Å². The summed E-state index contributed by atoms with van der Waals surface area (Å²) < 4.78 is 63.7. The average Bonchev–Trinajstić information content (AvgIpc) is 2.57. The minimum atomic E-state index is -9.70. The molecular weight excluding hydrogens is 413 g/mol. The number of hydrazine groups is 1. The summed E-state index contributed by atoms with van der Waals surface area (Å²) in [5, 5.41) is 8.84. The predicted octanol–water partition coefficient (Wildman–Crippen LogP) is 4.78. The van der Waals surface area contributed by atoms with Crippen molar-refractivity contribution < 1.29 is 29.3 Å². The summed E-state index contributed by atoms with van der Waals surface area (Å²) >= 11 is 0.928. The maximum absolute atomic E-state index is 12.7. The Kier molecular flexibility index (Phi) is 4.88. The monoisotopic (exact) mass is 427 g/mol. The second-order valence-electron chi connectivity index (χ2n) is 5.31. The first-order chi connectivity index (χ1) is 12.2. The van der Waals surface area contributed by atoms with Gasteiger partial charge in [0.15, 0.2) is 0 Å². The second kappa shape index (κ2) is 6.32. The van der Waals surface area contributed by atoms with Crippen LogP contribution in [0.2, 0.25) is 0 Å². The van der Waals surface area contributed by atoms with Crippen LogP contribution in [0, 0.1) is 0 Å². The van der Waals surface area contributed by atoms with E-state index in [0.29, 0.717) is 28.2 Å². The largest absolute Gasteiger partial charge is 0.477 e. The molecule has 148 valence electrons. The molecular formula is C15H14F5N3O2S2. The van der Waals surface area contributed by atoms with E-state index in [1.807, 2.05) is 0 Å². The first-order valence-corrected chi connectivity index (χ1v) is 9.80. The third-order valence-corrected chi connectivity index (χ3v) is 5.53. The maximum atomic E-state index is 12.7. The van der Waals surface area contributed by atoms with Crippen LogP contribution < -0.4 is 17.0 Å². The van der Waals surface area contributed by atoms with Crippen molar-refractivity contribution in [3.05, 3.63) is 59.3 Å². The quantitative estimate of drug-likeness (QED) is 0.174. The van der Waals surface area contributed by atoms with Crippen LogP contribution in [0.15, 0.2) is 69.0 Å². The molecule has 0 saturated heterocycles. The molecule has 5 nitrogen and oxygen atoms in total. The zero-order valence-corrected chi connectivity index (χ0v) is 15.0. The first kappa shape index (κ1) is 20.9. The van der Waals surface area contributed by atoms with Crippen molar-refractivity contribution in [1.82, 2.24) is 5.43 Å². The third kappa shape index (κ3) is 5.28. The Balaban J connectivity index is 2.26. The molecule has 0 fully saturated rings. The van der Waals surface area contributed by atoms with E-state index in [2.05, 4.69) is 5.43 Å². The fraction of sp³-hybridized carbons (Fsp3) is 0. The van der Waals surface area contributed by atoms with E-state index < -0.39 is 26.8 Å². The molecule has 0 atom stereocenters. The summed E-state index contributed by atoms with van der Waals surface area (Å²) in [7, 11) is -9.70. The number of nitrogens with one attached hydrogen (secondary N) is 1. The highest BCUT2D eigenvalue weighted by molar-refractivity contribution is 8.45. The normalized spacial score (nSPS) is 15.3. The van der Waals surface area contributed by atoms with Gasteiger partial charge in [0.1, 0.15) is 15.6 Å². The van der Waals surface area contributed by atoms with Crippen LogP contribution in [0.25, 0.3) is 11.1 Å². The molecule has 6 N–H and O–H groups in total. The van der Waals surface area contributed by atoms with E-state index >= 15 is 0 Å². The highest BCUT2D eigenvalue weighted by Gasteiger charge is 2.65. The van der Waals surface area contributed by atoms with Crippen LogP contribution in [0.5, 0.6) is 0 Å². The van der Waals surface area contributed by atoms with E-state index in [9.17, 15) is 24.2 Å². The molecule has 0 bridgehead atoms. The highest BCUT2D eigenvalue weighted by atomic mass is 32.5. The fourth-order valence-corrected chi connectivity index (χ4v) is 3.41. The number of hydrogen-bond donors (Lipinski definition) is 4. The lowest BCUT2D eigenvalue weighted by molar-refractivity contribution is -0.132. The molecule has 0 aliphatic carbocycles. The predicted molar refractivity (Wildman–Crippen MR) is 95.3 cm³/mol. The Morgan fingerprint density at radius 2 is 1.37 bits per heavy atom. The first-order valence-electron chi connectivity index (χ1n) is 7.03. The van der Waals surface area contributed by atoms with Gasteiger partial charge in [-0.2, -0.15) is 0 Å². The van der Waals surface area contributed by atoms with E-state index in [-0.39, 0.29) is 5.03 Å². The van der Waals surface area contributed by atoms with Gasteiger partial charge in [-0.1, -0.05) is 55.5 Å². The van der Waals surface area contributed by atoms with Gasteiger partial charge < -0.3 is 16.3 Å². The molecule has 0 aliphatic heterocycles.